The smallest absolute Gasteiger partial charge is 0.0210 e. The number of hydrogen-bond acceptors (Lipinski definition) is 2. The average Bonchev–Trinajstić information content (AvgIpc) is 2.78. The van der Waals surface area contributed by atoms with E-state index in [-0.39, 0.29) is 0 Å². The molecule has 0 radical (unpaired) electrons. The second-order valence-corrected chi connectivity index (χ2v) is 7.04. The Morgan fingerprint density at radius 3 is 2.33 bits per heavy atom. The van der Waals surface area contributed by atoms with Crippen molar-refractivity contribution in [3.05, 3.63) is 0 Å². The van der Waals surface area contributed by atoms with Crippen LogP contribution in [0.25, 0.3) is 0 Å². The van der Waals surface area contributed by atoms with E-state index in [0.29, 0.717) is 6.04 Å². The number of hydrogen-bond donors (Lipinski definition) is 1. The van der Waals surface area contributed by atoms with Gasteiger partial charge in [-0.1, -0.05) is 26.7 Å². The highest BCUT2D eigenvalue weighted by atomic mass is 15.2. The Labute approximate surface area is 114 Å². The normalized spacial score (nSPS) is 34.7. The van der Waals surface area contributed by atoms with Crippen molar-refractivity contribution >= 4 is 0 Å². The molecule has 2 nitrogen and oxygen atoms in total. The van der Waals surface area contributed by atoms with Gasteiger partial charge in [-0.25, -0.2) is 0 Å². The van der Waals surface area contributed by atoms with Crippen molar-refractivity contribution in [3.63, 3.8) is 0 Å². The van der Waals surface area contributed by atoms with E-state index in [1.807, 2.05) is 0 Å². The van der Waals surface area contributed by atoms with E-state index < -0.39 is 0 Å². The molecular formula is C16H32N2. The molecule has 1 saturated carbocycles. The topological polar surface area (TPSA) is 15.3 Å². The Morgan fingerprint density at radius 2 is 1.72 bits per heavy atom. The van der Waals surface area contributed by atoms with Gasteiger partial charge in [-0.3, -0.25) is 4.90 Å². The van der Waals surface area contributed by atoms with E-state index in [0.717, 1.165) is 23.9 Å². The highest BCUT2D eigenvalue weighted by molar-refractivity contribution is 4.89. The Morgan fingerprint density at radius 1 is 1.00 bits per heavy atom. The van der Waals surface area contributed by atoms with Crippen LogP contribution in [0.3, 0.4) is 0 Å². The zero-order valence-corrected chi connectivity index (χ0v) is 12.8. The lowest BCUT2D eigenvalue weighted by molar-refractivity contribution is 0.188. The van der Waals surface area contributed by atoms with E-state index in [9.17, 15) is 0 Å². The number of nitrogens with zero attached hydrogens (tertiary/aromatic N) is 1. The van der Waals surface area contributed by atoms with Gasteiger partial charge in [-0.05, 0) is 51.5 Å². The molecule has 1 aliphatic carbocycles. The standard InChI is InChI=1S/C16H32N2/c1-12(2)15-7-5-6-8-16(15)17-14-9-10-18(11-14)13(3)4/h12-17H,5-11H2,1-4H3. The Bertz CT molecular complexity index is 249. The molecule has 0 bridgehead atoms. The van der Waals surface area contributed by atoms with Crippen LogP contribution in [0.15, 0.2) is 0 Å². The first-order valence-corrected chi connectivity index (χ1v) is 8.08. The highest BCUT2D eigenvalue weighted by Gasteiger charge is 2.31. The van der Waals surface area contributed by atoms with Gasteiger partial charge in [0.25, 0.3) is 0 Å². The van der Waals surface area contributed by atoms with Gasteiger partial charge >= 0.3 is 0 Å². The summed E-state index contributed by atoms with van der Waals surface area (Å²) in [5.41, 5.74) is 0. The van der Waals surface area contributed by atoms with Crippen LogP contribution in [0.5, 0.6) is 0 Å². The van der Waals surface area contributed by atoms with Crippen molar-refractivity contribution in [1.29, 1.82) is 0 Å². The minimum Gasteiger partial charge on any atom is -0.310 e. The lowest BCUT2D eigenvalue weighted by Crippen LogP contribution is -2.47. The van der Waals surface area contributed by atoms with Crippen molar-refractivity contribution < 1.29 is 0 Å². The number of rotatable bonds is 4. The first-order chi connectivity index (χ1) is 8.58. The fraction of sp³-hybridized carbons (Fsp3) is 1.00. The molecule has 106 valence electrons. The van der Waals surface area contributed by atoms with E-state index in [2.05, 4.69) is 37.9 Å². The molecule has 1 N–H and O–H groups in total. The zero-order valence-electron chi connectivity index (χ0n) is 12.8. The maximum absolute atomic E-state index is 3.99. The monoisotopic (exact) mass is 252 g/mol. The third-order valence-corrected chi connectivity index (χ3v) is 5.08. The molecule has 0 aromatic rings. The highest BCUT2D eigenvalue weighted by Crippen LogP contribution is 2.31. The predicted molar refractivity (Wildman–Crippen MR) is 78.8 cm³/mol. The van der Waals surface area contributed by atoms with Gasteiger partial charge in [0.05, 0.1) is 0 Å². The molecule has 1 heterocycles. The molecule has 0 aromatic carbocycles. The van der Waals surface area contributed by atoms with E-state index >= 15 is 0 Å². The molecule has 2 aliphatic rings. The molecule has 3 unspecified atom stereocenters. The molecule has 2 rings (SSSR count). The maximum Gasteiger partial charge on any atom is 0.0210 e. The summed E-state index contributed by atoms with van der Waals surface area (Å²) in [6.07, 6.45) is 7.07. The van der Waals surface area contributed by atoms with Gasteiger partial charge in [0.2, 0.25) is 0 Å². The van der Waals surface area contributed by atoms with Crippen molar-refractivity contribution in [2.75, 3.05) is 13.1 Å². The lowest BCUT2D eigenvalue weighted by atomic mass is 9.77. The van der Waals surface area contributed by atoms with Gasteiger partial charge in [0.15, 0.2) is 0 Å². The van der Waals surface area contributed by atoms with Crippen molar-refractivity contribution in [2.24, 2.45) is 11.8 Å². The van der Waals surface area contributed by atoms with Crippen LogP contribution in [0.1, 0.15) is 59.8 Å². The van der Waals surface area contributed by atoms with Crippen LogP contribution in [0, 0.1) is 11.8 Å². The van der Waals surface area contributed by atoms with Gasteiger partial charge in [-0.2, -0.15) is 0 Å². The van der Waals surface area contributed by atoms with Crippen LogP contribution in [-0.2, 0) is 0 Å². The van der Waals surface area contributed by atoms with Gasteiger partial charge in [0.1, 0.15) is 0 Å². The third-order valence-electron chi connectivity index (χ3n) is 5.08. The minimum atomic E-state index is 0.712. The minimum absolute atomic E-state index is 0.712. The molecule has 18 heavy (non-hydrogen) atoms. The Balaban J connectivity index is 1.84. The van der Waals surface area contributed by atoms with Gasteiger partial charge in [0, 0.05) is 24.7 Å². The first-order valence-electron chi connectivity index (χ1n) is 8.08. The zero-order chi connectivity index (χ0) is 13.1. The number of likely N-dealkylation sites (tertiary alicyclic amines) is 1. The van der Waals surface area contributed by atoms with Gasteiger partial charge < -0.3 is 5.32 Å². The number of nitrogens with one attached hydrogen (secondary N) is 1. The fourth-order valence-corrected chi connectivity index (χ4v) is 3.86. The summed E-state index contributed by atoms with van der Waals surface area (Å²) in [5.74, 6) is 1.75. The predicted octanol–water partition coefficient (Wildman–Crippen LogP) is 3.27. The Kier molecular flexibility index (Phi) is 5.08. The molecule has 3 atom stereocenters. The molecule has 2 fully saturated rings. The molecular weight excluding hydrogens is 220 g/mol. The second-order valence-electron chi connectivity index (χ2n) is 7.04. The largest absolute Gasteiger partial charge is 0.310 e. The van der Waals surface area contributed by atoms with Crippen molar-refractivity contribution in [2.45, 2.75) is 77.9 Å². The van der Waals surface area contributed by atoms with Crippen LogP contribution in [0.2, 0.25) is 0 Å². The maximum atomic E-state index is 3.99. The van der Waals surface area contributed by atoms with Crippen molar-refractivity contribution in [3.8, 4) is 0 Å². The molecule has 1 saturated heterocycles. The molecule has 0 amide bonds. The van der Waals surface area contributed by atoms with Crippen LogP contribution in [-0.4, -0.2) is 36.1 Å². The summed E-state index contributed by atoms with van der Waals surface area (Å²) in [5, 5.41) is 3.99. The summed E-state index contributed by atoms with van der Waals surface area (Å²) in [4.78, 5) is 2.62. The summed E-state index contributed by atoms with van der Waals surface area (Å²) in [7, 11) is 0. The molecule has 0 spiro atoms. The summed E-state index contributed by atoms with van der Waals surface area (Å²) in [6.45, 7) is 12.0. The van der Waals surface area contributed by atoms with Crippen LogP contribution < -0.4 is 5.32 Å². The SMILES string of the molecule is CC(C)C1CCCCC1NC1CCN(C(C)C)C1. The van der Waals surface area contributed by atoms with E-state index in [1.54, 1.807) is 0 Å². The van der Waals surface area contributed by atoms with Crippen LogP contribution in [0.4, 0.5) is 0 Å². The summed E-state index contributed by atoms with van der Waals surface area (Å²) < 4.78 is 0. The average molecular weight is 252 g/mol. The van der Waals surface area contributed by atoms with E-state index in [4.69, 9.17) is 0 Å². The van der Waals surface area contributed by atoms with Gasteiger partial charge in [-0.15, -0.1) is 0 Å². The fourth-order valence-electron chi connectivity index (χ4n) is 3.86. The molecule has 1 aliphatic heterocycles. The van der Waals surface area contributed by atoms with Crippen LogP contribution >= 0.6 is 0 Å². The lowest BCUT2D eigenvalue weighted by Gasteiger charge is -2.37. The third kappa shape index (κ3) is 3.48. The summed E-state index contributed by atoms with van der Waals surface area (Å²) in [6, 6.07) is 2.25. The van der Waals surface area contributed by atoms with E-state index in [1.165, 1.54) is 45.2 Å². The second kappa shape index (κ2) is 6.38. The van der Waals surface area contributed by atoms with Crippen molar-refractivity contribution in [1.82, 2.24) is 10.2 Å². The molecule has 2 heteroatoms. The first kappa shape index (κ1) is 14.3. The Hall–Kier alpha value is -0.0800. The quantitative estimate of drug-likeness (QED) is 0.826. The molecule has 0 aromatic heterocycles. The summed E-state index contributed by atoms with van der Waals surface area (Å²) >= 11 is 0.